The molecule has 0 aliphatic heterocycles. The largest absolute Gasteiger partial charge is 0.491 e. The number of ketones is 1. The van der Waals surface area contributed by atoms with E-state index < -0.39 is 0 Å². The summed E-state index contributed by atoms with van der Waals surface area (Å²) in [7, 11) is 1.65. The summed E-state index contributed by atoms with van der Waals surface area (Å²) >= 11 is 0. The number of nitrogens with one attached hydrogen (secondary N) is 1. The molecule has 0 radical (unpaired) electrons. The molecule has 3 aromatic rings. The molecule has 30 heavy (non-hydrogen) atoms. The van der Waals surface area contributed by atoms with Gasteiger partial charge in [-0.25, -0.2) is 4.98 Å². The number of rotatable bonds is 12. The molecule has 8 nitrogen and oxygen atoms in total. The Morgan fingerprint density at radius 2 is 2.00 bits per heavy atom. The topological polar surface area (TPSA) is 90.6 Å². The minimum Gasteiger partial charge on any atom is -0.491 e. The van der Waals surface area contributed by atoms with Crippen molar-refractivity contribution in [1.82, 2.24) is 19.6 Å². The smallest absolute Gasteiger partial charge is 0.204 e. The molecule has 0 amide bonds. The van der Waals surface area contributed by atoms with Crippen LogP contribution < -0.4 is 10.1 Å². The van der Waals surface area contributed by atoms with Crippen molar-refractivity contribution in [2.24, 2.45) is 5.92 Å². The molecule has 8 heteroatoms. The lowest BCUT2D eigenvalue weighted by Crippen LogP contribution is -2.09. The van der Waals surface area contributed by atoms with Gasteiger partial charge in [-0.3, -0.25) is 9.20 Å². The van der Waals surface area contributed by atoms with Crippen molar-refractivity contribution >= 4 is 28.3 Å². The molecule has 0 atom stereocenters. The minimum atomic E-state index is 0.123. The van der Waals surface area contributed by atoms with Gasteiger partial charge in [0.25, 0.3) is 0 Å². The summed E-state index contributed by atoms with van der Waals surface area (Å²) in [5.41, 5.74) is 2.46. The monoisotopic (exact) mass is 413 g/mol. The lowest BCUT2D eigenvalue weighted by molar-refractivity contribution is -0.122. The number of unbranched alkanes of at least 4 members (excludes halogenated alkanes) is 2. The number of benzene rings is 1. The fraction of sp³-hybridized carbons (Fsp3) is 0.545. The molecule has 0 spiro atoms. The number of aromatic nitrogens is 4. The molecule has 162 valence electrons. The lowest BCUT2D eigenvalue weighted by Gasteiger charge is -2.11. The van der Waals surface area contributed by atoms with E-state index in [2.05, 4.69) is 15.5 Å². The molecule has 0 saturated carbocycles. The maximum absolute atomic E-state index is 11.7. The summed E-state index contributed by atoms with van der Waals surface area (Å²) in [6.45, 7) is 7.62. The van der Waals surface area contributed by atoms with Gasteiger partial charge in [0.1, 0.15) is 24.0 Å². The van der Waals surface area contributed by atoms with Gasteiger partial charge in [-0.2, -0.15) is 0 Å². The van der Waals surface area contributed by atoms with E-state index in [9.17, 15) is 4.79 Å². The number of ether oxygens (including phenoxy) is 2. The number of carbonyl (C=O) groups is 1. The second kappa shape index (κ2) is 10.3. The van der Waals surface area contributed by atoms with E-state index in [1.807, 2.05) is 43.4 Å². The van der Waals surface area contributed by atoms with E-state index in [1.54, 1.807) is 7.11 Å². The van der Waals surface area contributed by atoms with Gasteiger partial charge < -0.3 is 14.8 Å². The number of hydrogen-bond donors (Lipinski definition) is 1. The highest BCUT2D eigenvalue weighted by molar-refractivity contribution is 5.84. The average Bonchev–Trinajstić information content (AvgIpc) is 3.12. The van der Waals surface area contributed by atoms with E-state index >= 15 is 0 Å². The van der Waals surface area contributed by atoms with Crippen molar-refractivity contribution < 1.29 is 14.3 Å². The number of aryl methyl sites for hydroxylation is 1. The van der Waals surface area contributed by atoms with Gasteiger partial charge in [0.2, 0.25) is 5.65 Å². The first-order valence-corrected chi connectivity index (χ1v) is 10.5. The number of anilines is 1. The lowest BCUT2D eigenvalue weighted by atomic mass is 10.0. The van der Waals surface area contributed by atoms with E-state index in [0.717, 1.165) is 48.4 Å². The second-order valence-electron chi connectivity index (χ2n) is 7.72. The molecule has 1 N–H and O–H groups in total. The van der Waals surface area contributed by atoms with Crippen molar-refractivity contribution in [3.8, 4) is 5.75 Å². The van der Waals surface area contributed by atoms with Crippen LogP contribution in [0, 0.1) is 12.8 Å². The van der Waals surface area contributed by atoms with Crippen LogP contribution in [0.25, 0.3) is 16.7 Å². The quantitative estimate of drug-likeness (QED) is 0.452. The predicted octanol–water partition coefficient (Wildman–Crippen LogP) is 3.81. The summed E-state index contributed by atoms with van der Waals surface area (Å²) in [4.78, 5) is 16.5. The number of Topliss-reactive ketones (excluding diaryl/α,β-unsaturated/α-hetero) is 1. The standard InChI is InChI=1S/C22H31N5O3/c1-15(2)20(28)8-6-5-7-11-23-21-22-26-25-16(3)27(22)19-10-9-17(14-18(19)24-21)30-13-12-29-4/h9-10,14-15H,5-8,11-13H2,1-4H3,(H,23,24). The maximum atomic E-state index is 11.7. The molecular weight excluding hydrogens is 382 g/mol. The Kier molecular flexibility index (Phi) is 7.57. The van der Waals surface area contributed by atoms with Crippen LogP contribution in [0.5, 0.6) is 5.75 Å². The van der Waals surface area contributed by atoms with E-state index in [-0.39, 0.29) is 5.92 Å². The van der Waals surface area contributed by atoms with E-state index in [0.29, 0.717) is 36.9 Å². The third-order valence-electron chi connectivity index (χ3n) is 5.05. The van der Waals surface area contributed by atoms with Gasteiger partial charge in [0, 0.05) is 32.1 Å². The summed E-state index contributed by atoms with van der Waals surface area (Å²) < 4.78 is 12.8. The highest BCUT2D eigenvalue weighted by Gasteiger charge is 2.13. The summed E-state index contributed by atoms with van der Waals surface area (Å²) in [6, 6.07) is 5.82. The van der Waals surface area contributed by atoms with Crippen LogP contribution in [-0.4, -0.2) is 52.2 Å². The van der Waals surface area contributed by atoms with Gasteiger partial charge >= 0.3 is 0 Å². The molecule has 0 saturated heterocycles. The molecule has 0 bridgehead atoms. The normalized spacial score (nSPS) is 11.5. The molecule has 0 aliphatic rings. The SMILES string of the molecule is COCCOc1ccc2c(c1)nc(NCCCCCC(=O)C(C)C)c1nnc(C)n12. The Morgan fingerprint density at radius 3 is 2.77 bits per heavy atom. The second-order valence-corrected chi connectivity index (χ2v) is 7.72. The molecule has 0 aliphatic carbocycles. The Morgan fingerprint density at radius 1 is 1.17 bits per heavy atom. The summed E-state index contributed by atoms with van der Waals surface area (Å²) in [5, 5.41) is 11.9. The first-order chi connectivity index (χ1) is 14.5. The van der Waals surface area contributed by atoms with Crippen LogP contribution in [0.1, 0.15) is 45.4 Å². The van der Waals surface area contributed by atoms with E-state index in [1.165, 1.54) is 0 Å². The molecule has 2 heterocycles. The maximum Gasteiger partial charge on any atom is 0.204 e. The van der Waals surface area contributed by atoms with Gasteiger partial charge in [-0.05, 0) is 31.9 Å². The van der Waals surface area contributed by atoms with Crippen LogP contribution in [-0.2, 0) is 9.53 Å². The van der Waals surface area contributed by atoms with E-state index in [4.69, 9.17) is 14.5 Å². The van der Waals surface area contributed by atoms with Crippen LogP contribution in [0.3, 0.4) is 0 Å². The Labute approximate surface area is 177 Å². The zero-order chi connectivity index (χ0) is 21.5. The van der Waals surface area contributed by atoms with Crippen LogP contribution in [0.2, 0.25) is 0 Å². The molecular formula is C22H31N5O3. The van der Waals surface area contributed by atoms with Crippen molar-refractivity contribution in [3.05, 3.63) is 24.0 Å². The third kappa shape index (κ3) is 5.24. The van der Waals surface area contributed by atoms with Gasteiger partial charge in [-0.1, -0.05) is 20.3 Å². The zero-order valence-electron chi connectivity index (χ0n) is 18.3. The Balaban J connectivity index is 1.70. The van der Waals surface area contributed by atoms with Gasteiger partial charge in [-0.15, -0.1) is 10.2 Å². The van der Waals surface area contributed by atoms with Crippen LogP contribution in [0.4, 0.5) is 5.82 Å². The van der Waals surface area contributed by atoms with Crippen LogP contribution >= 0.6 is 0 Å². The van der Waals surface area contributed by atoms with Gasteiger partial charge in [0.15, 0.2) is 5.82 Å². The number of nitrogens with zero attached hydrogens (tertiary/aromatic N) is 4. The number of fused-ring (bicyclic) bond motifs is 3. The number of hydrogen-bond acceptors (Lipinski definition) is 7. The molecule has 2 aromatic heterocycles. The molecule has 0 unspecified atom stereocenters. The van der Waals surface area contributed by atoms with Crippen molar-refractivity contribution in [1.29, 1.82) is 0 Å². The summed E-state index contributed by atoms with van der Waals surface area (Å²) in [6.07, 6.45) is 3.54. The van der Waals surface area contributed by atoms with Crippen molar-refractivity contribution in [2.45, 2.75) is 46.5 Å². The minimum absolute atomic E-state index is 0.123. The average molecular weight is 414 g/mol. The highest BCUT2D eigenvalue weighted by atomic mass is 16.5. The first kappa shape index (κ1) is 22.0. The molecule has 1 aromatic carbocycles. The highest BCUT2D eigenvalue weighted by Crippen LogP contribution is 2.25. The van der Waals surface area contributed by atoms with Crippen molar-refractivity contribution in [2.75, 3.05) is 32.2 Å². The van der Waals surface area contributed by atoms with Crippen LogP contribution in [0.15, 0.2) is 18.2 Å². The zero-order valence-corrected chi connectivity index (χ0v) is 18.3. The van der Waals surface area contributed by atoms with Gasteiger partial charge in [0.05, 0.1) is 17.6 Å². The summed E-state index contributed by atoms with van der Waals surface area (Å²) in [5.74, 6) is 2.72. The number of carbonyl (C=O) groups excluding carboxylic acids is 1. The van der Waals surface area contributed by atoms with Crippen molar-refractivity contribution in [3.63, 3.8) is 0 Å². The number of methoxy groups -OCH3 is 1. The third-order valence-corrected chi connectivity index (χ3v) is 5.05. The Hall–Kier alpha value is -2.74. The predicted molar refractivity (Wildman–Crippen MR) is 117 cm³/mol. The Bertz CT molecular complexity index is 999. The fourth-order valence-electron chi connectivity index (χ4n) is 3.30. The molecule has 0 fully saturated rings. The fourth-order valence-corrected chi connectivity index (χ4v) is 3.30. The first-order valence-electron chi connectivity index (χ1n) is 10.5. The molecule has 3 rings (SSSR count).